The Labute approximate surface area is 172 Å². The zero-order valence-electron chi connectivity index (χ0n) is 15.7. The number of aromatic nitrogens is 1. The van der Waals surface area contributed by atoms with Crippen LogP contribution < -0.4 is 10.2 Å². The van der Waals surface area contributed by atoms with Crippen LogP contribution in [0.2, 0.25) is 0 Å². The molecule has 7 nitrogen and oxygen atoms in total. The maximum Gasteiger partial charge on any atom is 0.255 e. The second-order valence-electron chi connectivity index (χ2n) is 6.41. The van der Waals surface area contributed by atoms with Crippen molar-refractivity contribution >= 4 is 39.1 Å². The lowest BCUT2D eigenvalue weighted by Crippen LogP contribution is -2.38. The molecule has 1 N–H and O–H groups in total. The van der Waals surface area contributed by atoms with E-state index in [-0.39, 0.29) is 18.4 Å². The van der Waals surface area contributed by atoms with Crippen molar-refractivity contribution < 1.29 is 14.3 Å². The van der Waals surface area contributed by atoms with Crippen molar-refractivity contribution in [1.82, 2.24) is 9.88 Å². The first-order valence-corrected chi connectivity index (χ1v) is 9.98. The Morgan fingerprint density at radius 2 is 1.93 bits per heavy atom. The molecule has 3 rings (SSSR count). The molecule has 148 valence electrons. The average Bonchev–Trinajstić information content (AvgIpc) is 2.72. The molecule has 0 radical (unpaired) electrons. The Bertz CT molecular complexity index is 822. The lowest BCUT2D eigenvalue weighted by atomic mass is 10.2. The topological polar surface area (TPSA) is 74.8 Å². The fraction of sp³-hybridized carbons (Fsp3) is 0.350. The molecular formula is C20H23BrN4O3. The molecule has 1 aliphatic heterocycles. The number of hydrogen-bond acceptors (Lipinski definition) is 5. The van der Waals surface area contributed by atoms with Crippen molar-refractivity contribution in [3.05, 3.63) is 52.8 Å². The van der Waals surface area contributed by atoms with E-state index in [4.69, 9.17) is 4.74 Å². The van der Waals surface area contributed by atoms with E-state index in [9.17, 15) is 9.59 Å². The minimum atomic E-state index is -0.239. The molecule has 2 amide bonds. The van der Waals surface area contributed by atoms with Crippen molar-refractivity contribution in [2.45, 2.75) is 6.92 Å². The van der Waals surface area contributed by atoms with Gasteiger partial charge in [0, 0.05) is 47.9 Å². The first-order valence-electron chi connectivity index (χ1n) is 9.19. The molecule has 8 heteroatoms. The highest BCUT2D eigenvalue weighted by atomic mass is 79.9. The summed E-state index contributed by atoms with van der Waals surface area (Å²) < 4.78 is 6.09. The van der Waals surface area contributed by atoms with Crippen LogP contribution in [0.5, 0.6) is 0 Å². The summed E-state index contributed by atoms with van der Waals surface area (Å²) in [6, 6.07) is 9.41. The van der Waals surface area contributed by atoms with E-state index in [1.54, 1.807) is 12.3 Å². The largest absolute Gasteiger partial charge is 0.378 e. The third-order valence-electron chi connectivity index (χ3n) is 4.48. The van der Waals surface area contributed by atoms with Crippen molar-refractivity contribution in [3.8, 4) is 0 Å². The lowest BCUT2D eigenvalue weighted by molar-refractivity contribution is -0.116. The molecule has 2 aromatic rings. The molecule has 1 saturated heterocycles. The summed E-state index contributed by atoms with van der Waals surface area (Å²) in [5, 5.41) is 2.85. The monoisotopic (exact) mass is 446 g/mol. The van der Waals surface area contributed by atoms with E-state index >= 15 is 0 Å². The normalized spacial score (nSPS) is 13.9. The van der Waals surface area contributed by atoms with Crippen LogP contribution in [0.3, 0.4) is 0 Å². The fourth-order valence-corrected chi connectivity index (χ4v) is 3.35. The van der Waals surface area contributed by atoms with Crippen LogP contribution in [0, 0.1) is 0 Å². The van der Waals surface area contributed by atoms with E-state index in [1.165, 1.54) is 11.1 Å². The van der Waals surface area contributed by atoms with E-state index in [0.717, 1.165) is 36.5 Å². The number of anilines is 2. The van der Waals surface area contributed by atoms with Gasteiger partial charge in [-0.25, -0.2) is 0 Å². The van der Waals surface area contributed by atoms with Gasteiger partial charge >= 0.3 is 0 Å². The van der Waals surface area contributed by atoms with Gasteiger partial charge in [0.1, 0.15) is 6.54 Å². The van der Waals surface area contributed by atoms with Crippen LogP contribution in [-0.2, 0) is 9.53 Å². The van der Waals surface area contributed by atoms with Crippen molar-refractivity contribution in [2.24, 2.45) is 0 Å². The molecule has 0 unspecified atom stereocenters. The van der Waals surface area contributed by atoms with Crippen LogP contribution in [-0.4, -0.2) is 61.1 Å². The molecule has 0 saturated carbocycles. The van der Waals surface area contributed by atoms with Crippen LogP contribution >= 0.6 is 15.9 Å². The second kappa shape index (κ2) is 9.66. The minimum absolute atomic E-state index is 0.0208. The predicted octanol–water partition coefficient (Wildman–Crippen LogP) is 2.78. The maximum atomic E-state index is 12.6. The van der Waals surface area contributed by atoms with Gasteiger partial charge in [-0.15, -0.1) is 0 Å². The Morgan fingerprint density at radius 1 is 1.21 bits per heavy atom. The van der Waals surface area contributed by atoms with Gasteiger partial charge in [-0.05, 0) is 53.2 Å². The van der Waals surface area contributed by atoms with Gasteiger partial charge in [0.2, 0.25) is 5.91 Å². The third-order valence-corrected chi connectivity index (χ3v) is 4.92. The summed E-state index contributed by atoms with van der Waals surface area (Å²) >= 11 is 3.31. The summed E-state index contributed by atoms with van der Waals surface area (Å²) in [4.78, 5) is 32.8. The first kappa shape index (κ1) is 20.3. The number of nitrogens with one attached hydrogen (secondary N) is 1. The standard InChI is InChI=1S/C20H23BrN4O3/c1-2-24(20(27)15-11-16(21)13-22-12-15)14-19(26)23-17-3-5-18(6-4-17)25-7-9-28-10-8-25/h3-6,11-13H,2,7-10,14H2,1H3,(H,23,26). The van der Waals surface area contributed by atoms with Crippen LogP contribution in [0.25, 0.3) is 0 Å². The molecule has 0 atom stereocenters. The lowest BCUT2D eigenvalue weighted by Gasteiger charge is -2.29. The van der Waals surface area contributed by atoms with E-state index in [1.807, 2.05) is 31.2 Å². The number of rotatable bonds is 6. The van der Waals surface area contributed by atoms with Gasteiger partial charge in [0.15, 0.2) is 0 Å². The van der Waals surface area contributed by atoms with Gasteiger partial charge in [-0.1, -0.05) is 0 Å². The number of amides is 2. The molecule has 0 bridgehead atoms. The van der Waals surface area contributed by atoms with E-state index in [2.05, 4.69) is 31.1 Å². The highest BCUT2D eigenvalue weighted by Crippen LogP contribution is 2.19. The molecule has 1 aromatic heterocycles. The Kier molecular flexibility index (Phi) is 7.00. The number of nitrogens with zero attached hydrogens (tertiary/aromatic N) is 3. The second-order valence-corrected chi connectivity index (χ2v) is 7.32. The number of carbonyl (C=O) groups excluding carboxylic acids is 2. The van der Waals surface area contributed by atoms with Gasteiger partial charge in [0.05, 0.1) is 18.8 Å². The summed E-state index contributed by atoms with van der Waals surface area (Å²) in [6.45, 7) is 5.43. The summed E-state index contributed by atoms with van der Waals surface area (Å²) in [5.74, 6) is -0.466. The number of pyridine rings is 1. The van der Waals surface area contributed by atoms with E-state index < -0.39 is 0 Å². The van der Waals surface area contributed by atoms with E-state index in [0.29, 0.717) is 17.8 Å². The Balaban J connectivity index is 1.58. The Morgan fingerprint density at radius 3 is 2.57 bits per heavy atom. The van der Waals surface area contributed by atoms with Crippen LogP contribution in [0.15, 0.2) is 47.2 Å². The molecule has 28 heavy (non-hydrogen) atoms. The van der Waals surface area contributed by atoms with Crippen LogP contribution in [0.4, 0.5) is 11.4 Å². The SMILES string of the molecule is CCN(CC(=O)Nc1ccc(N2CCOCC2)cc1)C(=O)c1cncc(Br)c1. The number of halogens is 1. The third kappa shape index (κ3) is 5.30. The first-order chi connectivity index (χ1) is 13.6. The molecule has 0 spiro atoms. The van der Waals surface area contributed by atoms with Gasteiger partial charge in [-0.3, -0.25) is 14.6 Å². The highest BCUT2D eigenvalue weighted by Gasteiger charge is 2.18. The minimum Gasteiger partial charge on any atom is -0.378 e. The number of benzene rings is 1. The molecule has 2 heterocycles. The molecular weight excluding hydrogens is 424 g/mol. The Hall–Kier alpha value is -2.45. The summed E-state index contributed by atoms with van der Waals surface area (Å²) in [5.41, 5.74) is 2.25. The smallest absolute Gasteiger partial charge is 0.255 e. The van der Waals surface area contributed by atoms with Crippen molar-refractivity contribution in [2.75, 3.05) is 49.6 Å². The number of ether oxygens (including phenoxy) is 1. The molecule has 1 aliphatic rings. The number of morpholine rings is 1. The number of carbonyl (C=O) groups is 2. The van der Waals surface area contributed by atoms with Gasteiger partial charge < -0.3 is 19.9 Å². The van der Waals surface area contributed by atoms with Crippen molar-refractivity contribution in [3.63, 3.8) is 0 Å². The maximum absolute atomic E-state index is 12.6. The summed E-state index contributed by atoms with van der Waals surface area (Å²) in [7, 11) is 0. The quantitative estimate of drug-likeness (QED) is 0.738. The molecule has 1 aromatic carbocycles. The average molecular weight is 447 g/mol. The fourth-order valence-electron chi connectivity index (χ4n) is 2.99. The highest BCUT2D eigenvalue weighted by molar-refractivity contribution is 9.10. The predicted molar refractivity (Wildman–Crippen MR) is 112 cm³/mol. The summed E-state index contributed by atoms with van der Waals surface area (Å²) in [6.07, 6.45) is 3.11. The molecule has 1 fully saturated rings. The van der Waals surface area contributed by atoms with Gasteiger partial charge in [0.25, 0.3) is 5.91 Å². The van der Waals surface area contributed by atoms with Crippen LogP contribution in [0.1, 0.15) is 17.3 Å². The number of likely N-dealkylation sites (N-methyl/N-ethyl adjacent to an activating group) is 1. The zero-order valence-corrected chi connectivity index (χ0v) is 17.3. The molecule has 0 aliphatic carbocycles. The number of hydrogen-bond donors (Lipinski definition) is 1. The van der Waals surface area contributed by atoms with Crippen molar-refractivity contribution in [1.29, 1.82) is 0 Å². The van der Waals surface area contributed by atoms with Gasteiger partial charge in [-0.2, -0.15) is 0 Å². The zero-order chi connectivity index (χ0) is 19.9.